The lowest BCUT2D eigenvalue weighted by Gasteiger charge is -2.34. The smallest absolute Gasteiger partial charge is 0.246 e. The lowest BCUT2D eigenvalue weighted by molar-refractivity contribution is -0.134. The molecule has 0 saturated heterocycles. The molecule has 0 spiro atoms. The normalized spacial score (nSPS) is 17.2. The molecule has 52 heavy (non-hydrogen) atoms. The second kappa shape index (κ2) is 14.2. The molecule has 0 N–H and O–H groups in total. The Balaban J connectivity index is 1.43. The molecule has 7 rings (SSSR count). The van der Waals surface area contributed by atoms with Crippen LogP contribution in [0.1, 0.15) is 29.8 Å². The van der Waals surface area contributed by atoms with Crippen molar-refractivity contribution < 1.29 is 27.8 Å². The van der Waals surface area contributed by atoms with Crippen molar-refractivity contribution in [1.29, 1.82) is 0 Å². The van der Waals surface area contributed by atoms with Crippen LogP contribution in [0.2, 0.25) is 0 Å². The van der Waals surface area contributed by atoms with Crippen LogP contribution in [0.5, 0.6) is 5.75 Å². The predicted molar refractivity (Wildman–Crippen MR) is 197 cm³/mol. The number of methoxy groups -OCH3 is 1. The van der Waals surface area contributed by atoms with Crippen molar-refractivity contribution in [2.45, 2.75) is 38.5 Å². The van der Waals surface area contributed by atoms with Gasteiger partial charge in [0.05, 0.1) is 42.2 Å². The number of thiophene rings is 1. The summed E-state index contributed by atoms with van der Waals surface area (Å²) in [5.74, 6) is -1.65. The second-order valence-electron chi connectivity index (χ2n) is 13.4. The first-order valence-corrected chi connectivity index (χ1v) is 18.0. The summed E-state index contributed by atoms with van der Waals surface area (Å²) in [6.45, 7) is 7.38. The number of nitrogens with zero attached hydrogens (tertiary/aromatic N) is 6. The summed E-state index contributed by atoms with van der Waals surface area (Å²) in [5, 5.41) is 7.69. The van der Waals surface area contributed by atoms with E-state index in [1.54, 1.807) is 23.9 Å². The number of likely N-dealkylation sites (N-methyl/N-ethyl adjacent to an activating group) is 2. The average Bonchev–Trinajstić information content (AvgIpc) is 3.79. The first-order chi connectivity index (χ1) is 25.0. The Labute approximate surface area is 304 Å². The molecule has 0 bridgehead atoms. The zero-order valence-electron chi connectivity index (χ0n) is 29.8. The molecule has 2 aliphatic rings. The average molecular weight is 727 g/mol. The number of ether oxygens (including phenoxy) is 2. The number of amides is 2. The van der Waals surface area contributed by atoms with E-state index in [-0.39, 0.29) is 48.4 Å². The van der Waals surface area contributed by atoms with Gasteiger partial charge in [0, 0.05) is 67.6 Å². The number of aromatic nitrogens is 3. The molecular weight excluding hydrogens is 687 g/mol. The Morgan fingerprint density at radius 3 is 2.62 bits per heavy atom. The van der Waals surface area contributed by atoms with E-state index in [1.165, 1.54) is 30.6 Å². The van der Waals surface area contributed by atoms with Gasteiger partial charge in [0.25, 0.3) is 0 Å². The minimum atomic E-state index is -0.795. The molecule has 13 heteroatoms. The fourth-order valence-electron chi connectivity index (χ4n) is 7.28. The maximum atomic E-state index is 16.2. The Kier molecular flexibility index (Phi) is 9.68. The molecule has 270 valence electrons. The summed E-state index contributed by atoms with van der Waals surface area (Å²) in [5.41, 5.74) is 5.91. The summed E-state index contributed by atoms with van der Waals surface area (Å²) in [6.07, 6.45) is 1.90. The van der Waals surface area contributed by atoms with Crippen LogP contribution in [0.25, 0.3) is 43.9 Å². The van der Waals surface area contributed by atoms with Gasteiger partial charge in [-0.2, -0.15) is 5.10 Å². The van der Waals surface area contributed by atoms with Gasteiger partial charge in [-0.05, 0) is 61.2 Å². The van der Waals surface area contributed by atoms with E-state index in [9.17, 15) is 14.0 Å². The number of benzene rings is 2. The van der Waals surface area contributed by atoms with Crippen molar-refractivity contribution in [3.05, 3.63) is 89.0 Å². The van der Waals surface area contributed by atoms with E-state index in [4.69, 9.17) is 19.6 Å². The standard InChI is InChI=1S/C39H40F2N6O4S/c1-7-33(48)46-11-12-47-30(22(46)2)20-29(43-47)37-35(34-28(41)18-26(40)19-32(34)51-14-13-50-6)38-27(10-15-52-38)36(42-37)24-9-8-23-17-31(39(49)44(3)4)45(5)21-25(23)16-24/h7-10,15-16,18-20,22,31H,1,11-14,17,21H2,2-6H3/t22-,31+/m1/s1. The fourth-order valence-corrected chi connectivity index (χ4v) is 8.22. The number of fused-ring (bicyclic) bond motifs is 3. The zero-order chi connectivity index (χ0) is 36.8. The third-order valence-corrected chi connectivity index (χ3v) is 10.9. The maximum absolute atomic E-state index is 16.2. The minimum absolute atomic E-state index is 0.0267. The number of halogens is 2. The topological polar surface area (TPSA) is 93.0 Å². The zero-order valence-corrected chi connectivity index (χ0v) is 30.6. The van der Waals surface area contributed by atoms with Gasteiger partial charge in [0.15, 0.2) is 0 Å². The molecule has 10 nitrogen and oxygen atoms in total. The van der Waals surface area contributed by atoms with Crippen LogP contribution < -0.4 is 4.74 Å². The Morgan fingerprint density at radius 2 is 1.87 bits per heavy atom. The minimum Gasteiger partial charge on any atom is -0.490 e. The van der Waals surface area contributed by atoms with Crippen molar-refractivity contribution in [2.24, 2.45) is 0 Å². The van der Waals surface area contributed by atoms with Gasteiger partial charge >= 0.3 is 0 Å². The first kappa shape index (κ1) is 35.4. The van der Waals surface area contributed by atoms with Gasteiger partial charge in [-0.1, -0.05) is 18.7 Å². The number of pyridine rings is 1. The van der Waals surface area contributed by atoms with E-state index >= 15 is 4.39 Å². The summed E-state index contributed by atoms with van der Waals surface area (Å²) in [4.78, 5) is 36.3. The summed E-state index contributed by atoms with van der Waals surface area (Å²) >= 11 is 1.42. The molecule has 2 amide bonds. The Hall–Kier alpha value is -4.98. The van der Waals surface area contributed by atoms with Crippen LogP contribution in [0, 0.1) is 11.6 Å². The highest BCUT2D eigenvalue weighted by Crippen LogP contribution is 2.47. The van der Waals surface area contributed by atoms with Gasteiger partial charge in [0.1, 0.15) is 35.4 Å². The highest BCUT2D eigenvalue weighted by molar-refractivity contribution is 7.18. The monoisotopic (exact) mass is 726 g/mol. The predicted octanol–water partition coefficient (Wildman–Crippen LogP) is 6.33. The molecule has 2 aliphatic heterocycles. The summed E-state index contributed by atoms with van der Waals surface area (Å²) in [7, 11) is 7.03. The highest BCUT2D eigenvalue weighted by atomic mass is 32.1. The second-order valence-corrected chi connectivity index (χ2v) is 14.3. The third kappa shape index (κ3) is 6.26. The van der Waals surface area contributed by atoms with Crippen molar-refractivity contribution in [3.8, 4) is 39.5 Å². The fraction of sp³-hybridized carbons (Fsp3) is 0.333. The van der Waals surface area contributed by atoms with Gasteiger partial charge in [-0.15, -0.1) is 11.3 Å². The Bertz CT molecular complexity index is 2210. The molecule has 3 aromatic heterocycles. The number of hydrogen-bond donors (Lipinski definition) is 0. The molecule has 0 fully saturated rings. The van der Waals surface area contributed by atoms with Crippen LogP contribution in [0.3, 0.4) is 0 Å². The van der Waals surface area contributed by atoms with E-state index in [2.05, 4.69) is 23.6 Å². The van der Waals surface area contributed by atoms with Crippen LogP contribution in [-0.2, 0) is 33.8 Å². The van der Waals surface area contributed by atoms with Gasteiger partial charge in [-0.3, -0.25) is 19.2 Å². The molecule has 0 aliphatic carbocycles. The van der Waals surface area contributed by atoms with Crippen molar-refractivity contribution in [2.75, 3.05) is 48.0 Å². The third-order valence-electron chi connectivity index (χ3n) is 9.95. The lowest BCUT2D eigenvalue weighted by Crippen LogP contribution is -2.48. The van der Waals surface area contributed by atoms with Gasteiger partial charge in [-0.25, -0.2) is 13.8 Å². The van der Waals surface area contributed by atoms with Crippen molar-refractivity contribution in [3.63, 3.8) is 0 Å². The largest absolute Gasteiger partial charge is 0.490 e. The number of carbonyl (C=O) groups is 2. The maximum Gasteiger partial charge on any atom is 0.246 e. The molecular formula is C39H40F2N6O4S. The van der Waals surface area contributed by atoms with E-state index < -0.39 is 11.6 Å². The quantitative estimate of drug-likeness (QED) is 0.130. The lowest BCUT2D eigenvalue weighted by atomic mass is 9.90. The summed E-state index contributed by atoms with van der Waals surface area (Å²) in [6, 6.07) is 11.5. The molecule has 0 radical (unpaired) electrons. The molecule has 5 aromatic rings. The molecule has 2 aromatic carbocycles. The van der Waals surface area contributed by atoms with Crippen LogP contribution >= 0.6 is 11.3 Å². The van der Waals surface area contributed by atoms with Crippen LogP contribution in [-0.4, -0.2) is 95.3 Å². The van der Waals surface area contributed by atoms with E-state index in [1.807, 2.05) is 42.2 Å². The molecule has 0 saturated carbocycles. The number of carbonyl (C=O) groups excluding carboxylic acids is 2. The number of hydrogen-bond acceptors (Lipinski definition) is 8. The Morgan fingerprint density at radius 1 is 1.06 bits per heavy atom. The van der Waals surface area contributed by atoms with Crippen molar-refractivity contribution in [1.82, 2.24) is 29.5 Å². The van der Waals surface area contributed by atoms with E-state index in [0.717, 1.165) is 38.5 Å². The van der Waals surface area contributed by atoms with Crippen LogP contribution in [0.15, 0.2) is 60.5 Å². The molecule has 5 heterocycles. The van der Waals surface area contributed by atoms with Gasteiger partial charge < -0.3 is 19.3 Å². The summed E-state index contributed by atoms with van der Waals surface area (Å²) < 4.78 is 44.7. The van der Waals surface area contributed by atoms with Crippen LogP contribution in [0.4, 0.5) is 8.78 Å². The highest BCUT2D eigenvalue weighted by Gasteiger charge is 2.33. The van der Waals surface area contributed by atoms with Crippen molar-refractivity contribution >= 4 is 33.2 Å². The molecule has 0 unspecified atom stereocenters. The SMILES string of the molecule is C=CC(=O)N1CCn2nc(-c3nc(-c4ccc5c(c4)CN(C)[C@H](C(=O)N(C)C)C5)c4ccsc4c3-c3c(F)cc(F)cc3OCCOC)cc2[C@H]1C. The molecule has 2 atom stereocenters. The number of rotatable bonds is 9. The van der Waals surface area contributed by atoms with Gasteiger partial charge in [0.2, 0.25) is 11.8 Å². The first-order valence-electron chi connectivity index (χ1n) is 17.1. The van der Waals surface area contributed by atoms with E-state index in [0.29, 0.717) is 48.7 Å².